The largest absolute Gasteiger partial charge is 0.293 e. The van der Waals surface area contributed by atoms with Crippen molar-refractivity contribution in [2.75, 3.05) is 5.75 Å². The SMILES string of the molecule is N#Cc1ccc(C(=O)CSc2ccccc2Br)cc1. The Hall–Kier alpha value is -1.57. The summed E-state index contributed by atoms with van der Waals surface area (Å²) < 4.78 is 0.993. The summed E-state index contributed by atoms with van der Waals surface area (Å²) in [6, 6.07) is 16.6. The Morgan fingerprint density at radius 3 is 2.47 bits per heavy atom. The molecule has 0 fully saturated rings. The molecule has 0 amide bonds. The molecule has 0 aromatic heterocycles. The van der Waals surface area contributed by atoms with Crippen molar-refractivity contribution < 1.29 is 4.79 Å². The Morgan fingerprint density at radius 1 is 1.16 bits per heavy atom. The maximum atomic E-state index is 12.0. The monoisotopic (exact) mass is 331 g/mol. The standard InChI is InChI=1S/C15H10BrNOS/c16-13-3-1-2-4-15(13)19-10-14(18)12-7-5-11(9-17)6-8-12/h1-8H,10H2. The third kappa shape index (κ3) is 3.69. The maximum absolute atomic E-state index is 12.0. The highest BCUT2D eigenvalue weighted by molar-refractivity contribution is 9.10. The zero-order valence-corrected chi connectivity index (χ0v) is 12.4. The van der Waals surface area contributed by atoms with E-state index >= 15 is 0 Å². The molecule has 0 N–H and O–H groups in total. The van der Waals surface area contributed by atoms with Crippen LogP contribution >= 0.6 is 27.7 Å². The van der Waals surface area contributed by atoms with E-state index in [4.69, 9.17) is 5.26 Å². The van der Waals surface area contributed by atoms with Gasteiger partial charge in [0.05, 0.1) is 17.4 Å². The van der Waals surface area contributed by atoms with Gasteiger partial charge in [-0.2, -0.15) is 5.26 Å². The van der Waals surface area contributed by atoms with Crippen molar-refractivity contribution >= 4 is 33.5 Å². The van der Waals surface area contributed by atoms with Gasteiger partial charge in [0.25, 0.3) is 0 Å². The molecule has 0 heterocycles. The second kappa shape index (κ2) is 6.55. The van der Waals surface area contributed by atoms with Crippen LogP contribution in [0.2, 0.25) is 0 Å². The van der Waals surface area contributed by atoms with Gasteiger partial charge in [-0.1, -0.05) is 24.3 Å². The highest BCUT2D eigenvalue weighted by atomic mass is 79.9. The summed E-state index contributed by atoms with van der Waals surface area (Å²) in [5, 5.41) is 8.71. The number of thioether (sulfide) groups is 1. The second-order valence-electron chi connectivity index (χ2n) is 3.83. The number of halogens is 1. The molecule has 0 bridgehead atoms. The number of rotatable bonds is 4. The zero-order valence-electron chi connectivity index (χ0n) is 9.97. The van der Waals surface area contributed by atoms with Crippen LogP contribution in [0.5, 0.6) is 0 Å². The van der Waals surface area contributed by atoms with Gasteiger partial charge in [-0.3, -0.25) is 4.79 Å². The highest BCUT2D eigenvalue weighted by Gasteiger charge is 2.08. The van der Waals surface area contributed by atoms with Crippen LogP contribution < -0.4 is 0 Å². The number of carbonyl (C=O) groups is 1. The molecular weight excluding hydrogens is 322 g/mol. The van der Waals surface area contributed by atoms with Crippen LogP contribution in [-0.2, 0) is 0 Å². The molecule has 0 radical (unpaired) electrons. The number of nitrogens with zero attached hydrogens (tertiary/aromatic N) is 1. The van der Waals surface area contributed by atoms with E-state index in [1.165, 1.54) is 11.8 Å². The number of Topliss-reactive ketones (excluding diaryl/α,β-unsaturated/α-hetero) is 1. The topological polar surface area (TPSA) is 40.9 Å². The molecule has 0 saturated carbocycles. The molecule has 0 atom stereocenters. The lowest BCUT2D eigenvalue weighted by Crippen LogP contribution is -2.02. The third-order valence-corrected chi connectivity index (χ3v) is 4.56. The van der Waals surface area contributed by atoms with Crippen molar-refractivity contribution in [2.24, 2.45) is 0 Å². The summed E-state index contributed by atoms with van der Waals surface area (Å²) in [5.74, 6) is 0.444. The first-order valence-corrected chi connectivity index (χ1v) is 7.39. The molecule has 0 unspecified atom stereocenters. The average Bonchev–Trinajstić information content (AvgIpc) is 2.46. The highest BCUT2D eigenvalue weighted by Crippen LogP contribution is 2.27. The van der Waals surface area contributed by atoms with Gasteiger partial charge in [0.2, 0.25) is 0 Å². The molecule has 0 aliphatic heterocycles. The first-order valence-electron chi connectivity index (χ1n) is 5.61. The second-order valence-corrected chi connectivity index (χ2v) is 5.70. The zero-order chi connectivity index (χ0) is 13.7. The van der Waals surface area contributed by atoms with Gasteiger partial charge in [-0.05, 0) is 40.2 Å². The molecule has 0 aliphatic rings. The maximum Gasteiger partial charge on any atom is 0.173 e. The Kier molecular flexibility index (Phi) is 4.78. The summed E-state index contributed by atoms with van der Waals surface area (Å²) in [7, 11) is 0. The minimum absolute atomic E-state index is 0.0604. The van der Waals surface area contributed by atoms with E-state index in [1.807, 2.05) is 30.3 Å². The minimum Gasteiger partial charge on any atom is -0.293 e. The van der Waals surface area contributed by atoms with Gasteiger partial charge in [0.15, 0.2) is 5.78 Å². The predicted octanol–water partition coefficient (Wildman–Crippen LogP) is 4.30. The summed E-state index contributed by atoms with van der Waals surface area (Å²) in [6.45, 7) is 0. The molecule has 0 aliphatic carbocycles. The molecule has 94 valence electrons. The molecule has 2 aromatic rings. The number of benzene rings is 2. The van der Waals surface area contributed by atoms with Gasteiger partial charge >= 0.3 is 0 Å². The molecule has 0 saturated heterocycles. The summed E-state index contributed by atoms with van der Waals surface area (Å²) >= 11 is 4.95. The van der Waals surface area contributed by atoms with Crippen molar-refractivity contribution in [3.05, 3.63) is 64.1 Å². The minimum atomic E-state index is 0.0604. The molecule has 2 nitrogen and oxygen atoms in total. The lowest BCUT2D eigenvalue weighted by molar-refractivity contribution is 0.102. The van der Waals surface area contributed by atoms with Crippen molar-refractivity contribution in [1.29, 1.82) is 5.26 Å². The van der Waals surface area contributed by atoms with Crippen molar-refractivity contribution in [3.8, 4) is 6.07 Å². The van der Waals surface area contributed by atoms with Crippen LogP contribution in [0.25, 0.3) is 0 Å². The molecule has 4 heteroatoms. The summed E-state index contributed by atoms with van der Waals surface area (Å²) in [4.78, 5) is 13.1. The molecule has 0 spiro atoms. The van der Waals surface area contributed by atoms with Gasteiger partial charge in [0, 0.05) is 14.9 Å². The predicted molar refractivity (Wildman–Crippen MR) is 80.4 cm³/mol. The van der Waals surface area contributed by atoms with Crippen LogP contribution in [0.15, 0.2) is 57.9 Å². The van der Waals surface area contributed by atoms with Gasteiger partial charge in [0.1, 0.15) is 0 Å². The van der Waals surface area contributed by atoms with E-state index < -0.39 is 0 Å². The lowest BCUT2D eigenvalue weighted by Gasteiger charge is -2.03. The quantitative estimate of drug-likeness (QED) is 0.619. The normalized spacial score (nSPS) is 9.89. The summed E-state index contributed by atoms with van der Waals surface area (Å²) in [6.07, 6.45) is 0. The molecule has 2 aromatic carbocycles. The number of hydrogen-bond donors (Lipinski definition) is 0. The van der Waals surface area contributed by atoms with E-state index in [1.54, 1.807) is 24.3 Å². The number of nitriles is 1. The number of ketones is 1. The van der Waals surface area contributed by atoms with Crippen molar-refractivity contribution in [1.82, 2.24) is 0 Å². The van der Waals surface area contributed by atoms with E-state index in [0.717, 1.165) is 9.37 Å². The number of carbonyl (C=O) groups excluding carboxylic acids is 1. The third-order valence-electron chi connectivity index (χ3n) is 2.53. The fourth-order valence-corrected chi connectivity index (χ4v) is 2.98. The Morgan fingerprint density at radius 2 is 1.84 bits per heavy atom. The molecular formula is C15H10BrNOS. The molecule has 2 rings (SSSR count). The van der Waals surface area contributed by atoms with Crippen molar-refractivity contribution in [2.45, 2.75) is 4.90 Å². The van der Waals surface area contributed by atoms with Gasteiger partial charge < -0.3 is 0 Å². The lowest BCUT2D eigenvalue weighted by atomic mass is 10.1. The van der Waals surface area contributed by atoms with E-state index in [-0.39, 0.29) is 5.78 Å². The fraction of sp³-hybridized carbons (Fsp3) is 0.0667. The average molecular weight is 332 g/mol. The Labute approximate surface area is 124 Å². The first kappa shape index (κ1) is 13.9. The van der Waals surface area contributed by atoms with E-state index in [0.29, 0.717) is 16.9 Å². The smallest absolute Gasteiger partial charge is 0.173 e. The van der Waals surface area contributed by atoms with Gasteiger partial charge in [-0.25, -0.2) is 0 Å². The van der Waals surface area contributed by atoms with E-state index in [9.17, 15) is 4.79 Å². The van der Waals surface area contributed by atoms with Crippen LogP contribution in [0, 0.1) is 11.3 Å². The first-order chi connectivity index (χ1) is 9.20. The van der Waals surface area contributed by atoms with Crippen LogP contribution in [0.4, 0.5) is 0 Å². The van der Waals surface area contributed by atoms with E-state index in [2.05, 4.69) is 15.9 Å². The van der Waals surface area contributed by atoms with Crippen LogP contribution in [0.1, 0.15) is 15.9 Å². The van der Waals surface area contributed by atoms with Gasteiger partial charge in [-0.15, -0.1) is 11.8 Å². The fourth-order valence-electron chi connectivity index (χ4n) is 1.52. The number of hydrogen-bond acceptors (Lipinski definition) is 3. The molecule has 19 heavy (non-hydrogen) atoms. The Bertz CT molecular complexity index is 631. The summed E-state index contributed by atoms with van der Waals surface area (Å²) in [5.41, 5.74) is 1.20. The van der Waals surface area contributed by atoms with Crippen molar-refractivity contribution in [3.63, 3.8) is 0 Å². The van der Waals surface area contributed by atoms with Crippen LogP contribution in [0.3, 0.4) is 0 Å². The Balaban J connectivity index is 2.02. The van der Waals surface area contributed by atoms with Crippen LogP contribution in [-0.4, -0.2) is 11.5 Å².